The summed E-state index contributed by atoms with van der Waals surface area (Å²) in [6.07, 6.45) is 3.42. The number of carbonyl (C=O) groups is 1. The van der Waals surface area contributed by atoms with Gasteiger partial charge in [0, 0.05) is 10.6 Å². The number of rotatable bonds is 11. The lowest BCUT2D eigenvalue weighted by Gasteiger charge is -2.23. The second kappa shape index (κ2) is 12.2. The number of ether oxygens (including phenoxy) is 1. The Morgan fingerprint density at radius 1 is 1.03 bits per heavy atom. The van der Waals surface area contributed by atoms with Gasteiger partial charge in [-0.2, -0.15) is 5.10 Å². The van der Waals surface area contributed by atoms with E-state index >= 15 is 0 Å². The van der Waals surface area contributed by atoms with Crippen LogP contribution in [0.5, 0.6) is 5.75 Å². The first-order valence-corrected chi connectivity index (χ1v) is 12.6. The van der Waals surface area contributed by atoms with Gasteiger partial charge in [-0.15, -0.1) is 0 Å². The standard InChI is InChI=1S/C25H26ClN3O4S/c1-2-3-17-33-24-12-8-7-9-20(24)18-27-28-25(30)19-29(22-15-13-21(26)14-16-22)34(31,32)23-10-5-4-6-11-23/h4-16,18H,2-3,17,19H2,1H3,(H,28,30). The zero-order valence-electron chi connectivity index (χ0n) is 18.7. The maximum Gasteiger partial charge on any atom is 0.264 e. The molecule has 0 saturated carbocycles. The summed E-state index contributed by atoms with van der Waals surface area (Å²) >= 11 is 5.96. The summed E-state index contributed by atoms with van der Waals surface area (Å²) in [6, 6.07) is 21.5. The molecule has 0 atom stereocenters. The third-order valence-corrected chi connectivity index (χ3v) is 6.84. The summed E-state index contributed by atoms with van der Waals surface area (Å²) in [4.78, 5) is 12.7. The molecule has 1 amide bonds. The lowest BCUT2D eigenvalue weighted by atomic mass is 10.2. The molecule has 9 heteroatoms. The Morgan fingerprint density at radius 3 is 2.41 bits per heavy atom. The van der Waals surface area contributed by atoms with Gasteiger partial charge in [0.25, 0.3) is 15.9 Å². The van der Waals surface area contributed by atoms with E-state index in [-0.39, 0.29) is 4.90 Å². The zero-order valence-corrected chi connectivity index (χ0v) is 20.3. The Hall–Kier alpha value is -3.36. The molecule has 0 radical (unpaired) electrons. The number of nitrogens with one attached hydrogen (secondary N) is 1. The van der Waals surface area contributed by atoms with Crippen LogP contribution in [0.4, 0.5) is 5.69 Å². The maximum absolute atomic E-state index is 13.3. The molecule has 3 rings (SSSR count). The SMILES string of the molecule is CCCCOc1ccccc1C=NNC(=O)CN(c1ccc(Cl)cc1)S(=O)(=O)c1ccccc1. The third kappa shape index (κ3) is 6.82. The maximum atomic E-state index is 13.3. The van der Waals surface area contributed by atoms with Crippen LogP contribution in [0.1, 0.15) is 25.3 Å². The van der Waals surface area contributed by atoms with Gasteiger partial charge in [-0.05, 0) is 55.0 Å². The highest BCUT2D eigenvalue weighted by atomic mass is 35.5. The molecule has 1 N–H and O–H groups in total. The molecule has 0 fully saturated rings. The molecule has 0 spiro atoms. The minimum Gasteiger partial charge on any atom is -0.493 e. The summed E-state index contributed by atoms with van der Waals surface area (Å²) in [7, 11) is -4.00. The van der Waals surface area contributed by atoms with Crippen LogP contribution < -0.4 is 14.5 Å². The molecule has 0 heterocycles. The number of nitrogens with zero attached hydrogens (tertiary/aromatic N) is 2. The number of unbranched alkanes of at least 4 members (excludes halogenated alkanes) is 1. The van der Waals surface area contributed by atoms with Crippen molar-refractivity contribution < 1.29 is 17.9 Å². The first-order valence-electron chi connectivity index (χ1n) is 10.8. The van der Waals surface area contributed by atoms with Crippen molar-refractivity contribution in [3.63, 3.8) is 0 Å². The monoisotopic (exact) mass is 499 g/mol. The number of sulfonamides is 1. The van der Waals surface area contributed by atoms with Crippen LogP contribution in [0, 0.1) is 0 Å². The smallest absolute Gasteiger partial charge is 0.264 e. The lowest BCUT2D eigenvalue weighted by Crippen LogP contribution is -2.39. The highest BCUT2D eigenvalue weighted by Crippen LogP contribution is 2.25. The van der Waals surface area contributed by atoms with Crippen molar-refractivity contribution in [2.75, 3.05) is 17.5 Å². The Morgan fingerprint density at radius 2 is 1.71 bits per heavy atom. The lowest BCUT2D eigenvalue weighted by molar-refractivity contribution is -0.119. The highest BCUT2D eigenvalue weighted by Gasteiger charge is 2.27. The van der Waals surface area contributed by atoms with Gasteiger partial charge < -0.3 is 4.74 Å². The summed E-state index contributed by atoms with van der Waals surface area (Å²) < 4.78 is 33.3. The van der Waals surface area contributed by atoms with Gasteiger partial charge in [0.05, 0.1) is 23.4 Å². The van der Waals surface area contributed by atoms with E-state index in [1.807, 2.05) is 24.3 Å². The number of hydrogen-bond acceptors (Lipinski definition) is 5. The molecule has 3 aromatic rings. The first-order chi connectivity index (χ1) is 16.4. The van der Waals surface area contributed by atoms with Crippen LogP contribution in [-0.4, -0.2) is 33.7 Å². The Kier molecular flexibility index (Phi) is 9.07. The van der Waals surface area contributed by atoms with Crippen LogP contribution in [0.3, 0.4) is 0 Å². The number of amides is 1. The van der Waals surface area contributed by atoms with Gasteiger partial charge in [0.1, 0.15) is 12.3 Å². The Balaban J connectivity index is 1.76. The van der Waals surface area contributed by atoms with Gasteiger partial charge in [-0.1, -0.05) is 55.3 Å². The molecule has 34 heavy (non-hydrogen) atoms. The number of hydrazone groups is 1. The minimum atomic E-state index is -4.00. The number of carbonyl (C=O) groups excluding carboxylic acids is 1. The van der Waals surface area contributed by atoms with E-state index in [0.717, 1.165) is 17.1 Å². The van der Waals surface area contributed by atoms with Crippen LogP contribution in [0.2, 0.25) is 5.02 Å². The highest BCUT2D eigenvalue weighted by molar-refractivity contribution is 7.92. The summed E-state index contributed by atoms with van der Waals surface area (Å²) in [5, 5.41) is 4.45. The van der Waals surface area contributed by atoms with Crippen LogP contribution in [0.15, 0.2) is 88.9 Å². The van der Waals surface area contributed by atoms with E-state index in [4.69, 9.17) is 16.3 Å². The van der Waals surface area contributed by atoms with Gasteiger partial charge in [0.2, 0.25) is 0 Å². The molecule has 0 aromatic heterocycles. The van der Waals surface area contributed by atoms with Crippen molar-refractivity contribution in [3.8, 4) is 5.75 Å². The predicted octanol–water partition coefficient (Wildman–Crippen LogP) is 4.86. The van der Waals surface area contributed by atoms with Gasteiger partial charge >= 0.3 is 0 Å². The van der Waals surface area contributed by atoms with Crippen LogP contribution >= 0.6 is 11.6 Å². The van der Waals surface area contributed by atoms with Crippen molar-refractivity contribution in [2.45, 2.75) is 24.7 Å². The molecule has 3 aromatic carbocycles. The predicted molar refractivity (Wildman–Crippen MR) is 135 cm³/mol. The minimum absolute atomic E-state index is 0.0689. The van der Waals surface area contributed by atoms with Crippen molar-refractivity contribution in [1.29, 1.82) is 0 Å². The van der Waals surface area contributed by atoms with Gasteiger partial charge in [-0.3, -0.25) is 9.10 Å². The molecule has 0 aliphatic heterocycles. The van der Waals surface area contributed by atoms with Gasteiger partial charge in [-0.25, -0.2) is 13.8 Å². The van der Waals surface area contributed by atoms with Crippen LogP contribution in [-0.2, 0) is 14.8 Å². The second-order valence-electron chi connectivity index (χ2n) is 7.33. The average Bonchev–Trinajstić information content (AvgIpc) is 2.85. The molecular weight excluding hydrogens is 474 g/mol. The normalized spacial score (nSPS) is 11.4. The molecule has 178 valence electrons. The number of para-hydroxylation sites is 1. The Labute approximate surface area is 205 Å². The number of halogens is 1. The fraction of sp³-hybridized carbons (Fsp3) is 0.200. The molecule has 0 unspecified atom stereocenters. The molecule has 0 saturated heterocycles. The van der Waals surface area contributed by atoms with E-state index in [1.165, 1.54) is 18.3 Å². The molecular formula is C25H26ClN3O4S. The largest absolute Gasteiger partial charge is 0.493 e. The molecule has 0 bridgehead atoms. The molecule has 0 aliphatic rings. The fourth-order valence-corrected chi connectivity index (χ4v) is 4.59. The van der Waals surface area contributed by atoms with Crippen LogP contribution in [0.25, 0.3) is 0 Å². The summed E-state index contributed by atoms with van der Waals surface area (Å²) in [5.41, 5.74) is 3.41. The van der Waals surface area contributed by atoms with Crippen molar-refractivity contribution >= 4 is 39.4 Å². The quantitative estimate of drug-likeness (QED) is 0.232. The van der Waals surface area contributed by atoms with Crippen molar-refractivity contribution in [1.82, 2.24) is 5.43 Å². The van der Waals surface area contributed by atoms with Crippen molar-refractivity contribution in [3.05, 3.63) is 89.4 Å². The number of hydrogen-bond donors (Lipinski definition) is 1. The fourth-order valence-electron chi connectivity index (χ4n) is 3.03. The number of benzene rings is 3. The molecule has 0 aliphatic carbocycles. The van der Waals surface area contributed by atoms with Gasteiger partial charge in [0.15, 0.2) is 0 Å². The van der Waals surface area contributed by atoms with E-state index in [9.17, 15) is 13.2 Å². The topological polar surface area (TPSA) is 88.1 Å². The van der Waals surface area contributed by atoms with Crippen molar-refractivity contribution in [2.24, 2.45) is 5.10 Å². The summed E-state index contributed by atoms with van der Waals surface area (Å²) in [6.45, 7) is 2.20. The van der Waals surface area contributed by atoms with E-state index in [0.29, 0.717) is 28.6 Å². The number of anilines is 1. The average molecular weight is 500 g/mol. The Bertz CT molecular complexity index is 1220. The molecule has 7 nitrogen and oxygen atoms in total. The third-order valence-electron chi connectivity index (χ3n) is 4.80. The zero-order chi connectivity index (χ0) is 24.4. The van der Waals surface area contributed by atoms with E-state index in [2.05, 4.69) is 17.5 Å². The summed E-state index contributed by atoms with van der Waals surface area (Å²) in [5.74, 6) is 0.0542. The van der Waals surface area contributed by atoms with E-state index in [1.54, 1.807) is 42.5 Å². The second-order valence-corrected chi connectivity index (χ2v) is 9.63. The van der Waals surface area contributed by atoms with E-state index < -0.39 is 22.5 Å². The first kappa shape index (κ1) is 25.3.